The second kappa shape index (κ2) is 7.33. The first-order valence-electron chi connectivity index (χ1n) is 7.88. The van der Waals surface area contributed by atoms with E-state index in [-0.39, 0.29) is 11.8 Å². The number of aromatic nitrogens is 1. The van der Waals surface area contributed by atoms with Crippen LogP contribution in [0.5, 0.6) is 0 Å². The predicted octanol–water partition coefficient (Wildman–Crippen LogP) is 3.62. The van der Waals surface area contributed by atoms with E-state index in [2.05, 4.69) is 11.4 Å². The lowest BCUT2D eigenvalue weighted by Gasteiger charge is -2.17. The van der Waals surface area contributed by atoms with Gasteiger partial charge in [-0.1, -0.05) is 0 Å². The first-order valence-corrected chi connectivity index (χ1v) is 7.88. The Hall–Kier alpha value is -2.58. The van der Waals surface area contributed by atoms with Crippen LogP contribution in [0.2, 0.25) is 0 Å². The first-order chi connectivity index (χ1) is 11.4. The number of nitrogens with zero attached hydrogens (tertiary/aromatic N) is 2. The lowest BCUT2D eigenvalue weighted by molar-refractivity contribution is 0.101. The molecule has 0 radical (unpaired) electrons. The predicted molar refractivity (Wildman–Crippen MR) is 94.9 cm³/mol. The largest absolute Gasteiger partial charge is 0.383 e. The van der Waals surface area contributed by atoms with E-state index in [1.165, 1.54) is 0 Å². The number of rotatable bonds is 6. The molecule has 1 aromatic heterocycles. The van der Waals surface area contributed by atoms with Crippen LogP contribution in [0.25, 0.3) is 5.69 Å². The van der Waals surface area contributed by atoms with Crippen molar-refractivity contribution in [3.05, 3.63) is 46.8 Å². The molecule has 1 aromatic carbocycles. The van der Waals surface area contributed by atoms with Crippen LogP contribution in [0.3, 0.4) is 0 Å². The van der Waals surface area contributed by atoms with Crippen molar-refractivity contribution in [2.75, 3.05) is 19.0 Å². The third-order valence-corrected chi connectivity index (χ3v) is 4.01. The van der Waals surface area contributed by atoms with Crippen molar-refractivity contribution >= 4 is 11.5 Å². The minimum absolute atomic E-state index is 0.0597. The highest BCUT2D eigenvalue weighted by atomic mass is 16.5. The zero-order valence-corrected chi connectivity index (χ0v) is 14.8. The zero-order chi connectivity index (χ0) is 17.9. The van der Waals surface area contributed by atoms with Crippen LogP contribution in [0.1, 0.15) is 41.0 Å². The van der Waals surface area contributed by atoms with E-state index >= 15 is 0 Å². The standard InChI is InChI=1S/C19H23N3O2/c1-12-10-22(14(3)19(12)15(4)23)17-7-6-16(9-20)18(8-17)21-13(2)11-24-5/h6-8,10,13,21H,11H2,1-5H3. The third kappa shape index (κ3) is 3.50. The van der Waals surface area contributed by atoms with Crippen molar-refractivity contribution in [2.45, 2.75) is 33.7 Å². The summed E-state index contributed by atoms with van der Waals surface area (Å²) in [5, 5.41) is 12.6. The van der Waals surface area contributed by atoms with Gasteiger partial charge in [0.25, 0.3) is 0 Å². The fraction of sp³-hybridized carbons (Fsp3) is 0.368. The van der Waals surface area contributed by atoms with Gasteiger partial charge in [0.2, 0.25) is 0 Å². The van der Waals surface area contributed by atoms with E-state index in [4.69, 9.17) is 4.74 Å². The molecule has 0 saturated heterocycles. The number of methoxy groups -OCH3 is 1. The molecule has 1 atom stereocenters. The van der Waals surface area contributed by atoms with Gasteiger partial charge in [0.1, 0.15) is 6.07 Å². The van der Waals surface area contributed by atoms with E-state index < -0.39 is 0 Å². The van der Waals surface area contributed by atoms with Crippen molar-refractivity contribution in [1.29, 1.82) is 5.26 Å². The molecule has 0 aliphatic heterocycles. The van der Waals surface area contributed by atoms with E-state index in [9.17, 15) is 10.1 Å². The molecule has 0 saturated carbocycles. The number of anilines is 1. The molecule has 2 aromatic rings. The van der Waals surface area contributed by atoms with Gasteiger partial charge >= 0.3 is 0 Å². The number of nitrogens with one attached hydrogen (secondary N) is 1. The van der Waals surface area contributed by atoms with E-state index in [0.29, 0.717) is 12.2 Å². The zero-order valence-electron chi connectivity index (χ0n) is 14.8. The molecule has 0 bridgehead atoms. The Morgan fingerprint density at radius 1 is 1.42 bits per heavy atom. The number of hydrogen-bond acceptors (Lipinski definition) is 4. The lowest BCUT2D eigenvalue weighted by Crippen LogP contribution is -2.21. The number of benzene rings is 1. The SMILES string of the molecule is COCC(C)Nc1cc(-n2cc(C)c(C(C)=O)c2C)ccc1C#N. The average molecular weight is 325 g/mol. The maximum Gasteiger partial charge on any atom is 0.161 e. The van der Waals surface area contributed by atoms with Crippen molar-refractivity contribution in [2.24, 2.45) is 0 Å². The summed E-state index contributed by atoms with van der Waals surface area (Å²) in [6.45, 7) is 7.99. The van der Waals surface area contributed by atoms with Crippen LogP contribution in [-0.4, -0.2) is 30.1 Å². The Labute approximate surface area is 142 Å². The molecule has 2 rings (SSSR count). The normalized spacial score (nSPS) is 11.8. The van der Waals surface area contributed by atoms with Crippen LogP contribution in [0, 0.1) is 25.2 Å². The van der Waals surface area contributed by atoms with Crippen LogP contribution >= 0.6 is 0 Å². The molecule has 0 spiro atoms. The molecule has 0 aliphatic rings. The Morgan fingerprint density at radius 3 is 2.67 bits per heavy atom. The topological polar surface area (TPSA) is 67.0 Å². The second-order valence-electron chi connectivity index (χ2n) is 6.04. The Kier molecular flexibility index (Phi) is 5.42. The quantitative estimate of drug-likeness (QED) is 0.824. The molecule has 24 heavy (non-hydrogen) atoms. The number of carbonyl (C=O) groups excluding carboxylic acids is 1. The van der Waals surface area contributed by atoms with Crippen LogP contribution in [0.4, 0.5) is 5.69 Å². The fourth-order valence-electron chi connectivity index (χ4n) is 3.02. The molecular weight excluding hydrogens is 302 g/mol. The van der Waals surface area contributed by atoms with Gasteiger partial charge in [-0.15, -0.1) is 0 Å². The molecule has 5 heteroatoms. The number of ether oxygens (including phenoxy) is 1. The van der Waals surface area contributed by atoms with Gasteiger partial charge in [0.15, 0.2) is 5.78 Å². The molecule has 1 heterocycles. The smallest absolute Gasteiger partial charge is 0.161 e. The van der Waals surface area contributed by atoms with Crippen molar-refractivity contribution in [3.63, 3.8) is 0 Å². The molecule has 0 amide bonds. The summed E-state index contributed by atoms with van der Waals surface area (Å²) < 4.78 is 7.13. The van der Waals surface area contributed by atoms with E-state index in [1.807, 2.05) is 43.7 Å². The molecule has 126 valence electrons. The van der Waals surface area contributed by atoms with Crippen molar-refractivity contribution < 1.29 is 9.53 Å². The summed E-state index contributed by atoms with van der Waals surface area (Å²) in [5.41, 5.74) is 4.85. The van der Waals surface area contributed by atoms with Gasteiger partial charge in [0.05, 0.1) is 17.9 Å². The highest BCUT2D eigenvalue weighted by Gasteiger charge is 2.15. The maximum atomic E-state index is 11.8. The summed E-state index contributed by atoms with van der Waals surface area (Å²) in [4.78, 5) is 11.8. The monoisotopic (exact) mass is 325 g/mol. The molecule has 1 N–H and O–H groups in total. The molecule has 0 aliphatic carbocycles. The molecular formula is C19H23N3O2. The Morgan fingerprint density at radius 2 is 2.12 bits per heavy atom. The number of nitriles is 1. The van der Waals surface area contributed by atoms with E-state index in [1.54, 1.807) is 20.1 Å². The van der Waals surface area contributed by atoms with Crippen molar-refractivity contribution in [1.82, 2.24) is 4.57 Å². The minimum Gasteiger partial charge on any atom is -0.383 e. The van der Waals surface area contributed by atoms with E-state index in [0.717, 1.165) is 28.2 Å². The molecule has 1 unspecified atom stereocenters. The van der Waals surface area contributed by atoms with Crippen LogP contribution < -0.4 is 5.32 Å². The van der Waals surface area contributed by atoms with Gasteiger partial charge in [-0.2, -0.15) is 5.26 Å². The highest BCUT2D eigenvalue weighted by molar-refractivity contribution is 5.97. The molecule has 5 nitrogen and oxygen atoms in total. The lowest BCUT2D eigenvalue weighted by atomic mass is 10.1. The summed E-state index contributed by atoms with van der Waals surface area (Å²) >= 11 is 0. The third-order valence-electron chi connectivity index (χ3n) is 4.01. The summed E-state index contributed by atoms with van der Waals surface area (Å²) in [5.74, 6) is 0.0597. The Bertz CT molecular complexity index is 800. The van der Waals surface area contributed by atoms with Crippen LogP contribution in [-0.2, 0) is 4.74 Å². The Balaban J connectivity index is 2.48. The van der Waals surface area contributed by atoms with Gasteiger partial charge in [-0.25, -0.2) is 0 Å². The summed E-state index contributed by atoms with van der Waals surface area (Å²) in [6.07, 6.45) is 1.95. The summed E-state index contributed by atoms with van der Waals surface area (Å²) in [6, 6.07) is 7.90. The molecule has 0 fully saturated rings. The summed E-state index contributed by atoms with van der Waals surface area (Å²) in [7, 11) is 1.65. The minimum atomic E-state index is 0.0597. The second-order valence-corrected chi connectivity index (χ2v) is 6.04. The van der Waals surface area contributed by atoms with Gasteiger partial charge < -0.3 is 14.6 Å². The van der Waals surface area contributed by atoms with Gasteiger partial charge in [-0.3, -0.25) is 4.79 Å². The van der Waals surface area contributed by atoms with Gasteiger partial charge in [0, 0.05) is 36.3 Å². The maximum absolute atomic E-state index is 11.8. The van der Waals surface area contributed by atoms with Crippen LogP contribution in [0.15, 0.2) is 24.4 Å². The average Bonchev–Trinajstić information content (AvgIpc) is 2.82. The highest BCUT2D eigenvalue weighted by Crippen LogP contribution is 2.25. The number of carbonyl (C=O) groups is 1. The fourth-order valence-corrected chi connectivity index (χ4v) is 3.02. The number of aryl methyl sites for hydroxylation is 1. The number of hydrogen-bond donors (Lipinski definition) is 1. The number of Topliss-reactive ketones (excluding diaryl/α,β-unsaturated/α-hetero) is 1. The van der Waals surface area contributed by atoms with Crippen molar-refractivity contribution in [3.8, 4) is 11.8 Å². The van der Waals surface area contributed by atoms with Gasteiger partial charge in [-0.05, 0) is 51.5 Å². The first kappa shape index (κ1) is 17.8. The number of ketones is 1.